The summed E-state index contributed by atoms with van der Waals surface area (Å²) < 4.78 is 7.70. The van der Waals surface area contributed by atoms with Crippen LogP contribution in [-0.2, 0) is 6.54 Å². The Balaban J connectivity index is 1.42. The van der Waals surface area contributed by atoms with Gasteiger partial charge < -0.3 is 15.2 Å². The Kier molecular flexibility index (Phi) is 4.77. The Morgan fingerprint density at radius 3 is 2.52 bits per heavy atom. The summed E-state index contributed by atoms with van der Waals surface area (Å²) >= 11 is 0. The summed E-state index contributed by atoms with van der Waals surface area (Å²) in [5.74, 6) is 2.63. The van der Waals surface area contributed by atoms with Gasteiger partial charge in [-0.15, -0.1) is 0 Å². The van der Waals surface area contributed by atoms with Crippen molar-refractivity contribution in [2.75, 3.05) is 11.9 Å². The molecule has 1 atom stereocenters. The molecule has 1 aromatic heterocycles. The van der Waals surface area contributed by atoms with E-state index in [9.17, 15) is 10.4 Å². The van der Waals surface area contributed by atoms with Gasteiger partial charge in [-0.3, -0.25) is 0 Å². The van der Waals surface area contributed by atoms with E-state index in [-0.39, 0.29) is 11.7 Å². The largest absolute Gasteiger partial charge is 0.508 e. The monoisotopic (exact) mass is 408 g/mol. The van der Waals surface area contributed by atoms with Crippen LogP contribution in [0, 0.1) is 11.3 Å². The molecule has 2 N–H and O–H groups in total. The maximum Gasteiger partial charge on any atom is 0.143 e. The van der Waals surface area contributed by atoms with E-state index in [2.05, 4.69) is 11.4 Å². The topological polar surface area (TPSA) is 83.1 Å². The van der Waals surface area contributed by atoms with Gasteiger partial charge in [-0.2, -0.15) is 10.4 Å². The highest BCUT2D eigenvalue weighted by molar-refractivity contribution is 5.74. The van der Waals surface area contributed by atoms with Crippen LogP contribution in [0.3, 0.4) is 0 Å². The van der Waals surface area contributed by atoms with Gasteiger partial charge >= 0.3 is 0 Å². The van der Waals surface area contributed by atoms with Crippen molar-refractivity contribution in [1.29, 1.82) is 5.26 Å². The van der Waals surface area contributed by atoms with Crippen LogP contribution in [0.5, 0.6) is 17.2 Å². The summed E-state index contributed by atoms with van der Waals surface area (Å²) in [4.78, 5) is 0. The number of nitrogens with one attached hydrogen (secondary N) is 1. The molecule has 5 rings (SSSR count). The third-order valence-corrected chi connectivity index (χ3v) is 5.42. The van der Waals surface area contributed by atoms with Crippen LogP contribution in [0.15, 0.2) is 78.9 Å². The minimum Gasteiger partial charge on any atom is -0.508 e. The first-order valence-electron chi connectivity index (χ1n) is 10.1. The maximum atomic E-state index is 9.79. The minimum absolute atomic E-state index is 0.153. The average molecular weight is 408 g/mol. The number of aromatic nitrogens is 2. The Bertz CT molecular complexity index is 1260. The van der Waals surface area contributed by atoms with Gasteiger partial charge in [0.25, 0.3) is 0 Å². The van der Waals surface area contributed by atoms with Crippen molar-refractivity contribution in [3.63, 3.8) is 0 Å². The molecule has 1 unspecified atom stereocenters. The molecular formula is C25H20N4O2. The molecule has 3 aromatic carbocycles. The van der Waals surface area contributed by atoms with Crippen molar-refractivity contribution >= 4 is 5.82 Å². The number of hydrogen-bond acceptors (Lipinski definition) is 5. The Morgan fingerprint density at radius 2 is 1.77 bits per heavy atom. The molecule has 0 saturated carbocycles. The van der Waals surface area contributed by atoms with Crippen molar-refractivity contribution in [2.45, 2.75) is 12.5 Å². The Labute approximate surface area is 180 Å². The summed E-state index contributed by atoms with van der Waals surface area (Å²) in [5, 5.41) is 27.7. The molecule has 31 heavy (non-hydrogen) atoms. The van der Waals surface area contributed by atoms with Crippen LogP contribution in [-0.4, -0.2) is 21.4 Å². The maximum absolute atomic E-state index is 9.79. The fraction of sp³-hybridized carbons (Fsp3) is 0.120. The molecule has 1 aliphatic rings. The predicted molar refractivity (Wildman–Crippen MR) is 118 cm³/mol. The van der Waals surface area contributed by atoms with Crippen molar-refractivity contribution in [1.82, 2.24) is 9.78 Å². The van der Waals surface area contributed by atoms with E-state index in [0.717, 1.165) is 28.4 Å². The first-order valence-corrected chi connectivity index (χ1v) is 10.1. The lowest BCUT2D eigenvalue weighted by Crippen LogP contribution is -2.26. The third-order valence-electron chi connectivity index (χ3n) is 5.42. The molecule has 6 heteroatoms. The number of anilines is 1. The lowest BCUT2D eigenvalue weighted by atomic mass is 9.97. The molecule has 0 amide bonds. The lowest BCUT2D eigenvalue weighted by Gasteiger charge is -2.25. The van der Waals surface area contributed by atoms with Crippen LogP contribution in [0.25, 0.3) is 11.3 Å². The second kappa shape index (κ2) is 7.88. The summed E-state index contributed by atoms with van der Waals surface area (Å²) in [6, 6.07) is 26.8. The van der Waals surface area contributed by atoms with Crippen LogP contribution in [0.1, 0.15) is 17.0 Å². The van der Waals surface area contributed by atoms with E-state index in [1.807, 2.05) is 71.4 Å². The second-order valence-electron chi connectivity index (χ2n) is 7.48. The molecule has 6 nitrogen and oxygen atoms in total. The zero-order valence-corrected chi connectivity index (χ0v) is 16.7. The normalized spacial score (nSPS) is 14.9. The molecular weight excluding hydrogens is 388 g/mol. The number of ether oxygens (including phenoxy) is 1. The van der Waals surface area contributed by atoms with Gasteiger partial charge in [0.1, 0.15) is 40.4 Å². The molecule has 0 aliphatic carbocycles. The fourth-order valence-electron chi connectivity index (χ4n) is 3.88. The zero-order valence-electron chi connectivity index (χ0n) is 16.7. The zero-order chi connectivity index (χ0) is 21.2. The first-order chi connectivity index (χ1) is 15.2. The van der Waals surface area contributed by atoms with E-state index >= 15 is 0 Å². The smallest absolute Gasteiger partial charge is 0.143 e. The second-order valence-corrected chi connectivity index (χ2v) is 7.48. The molecule has 2 heterocycles. The minimum atomic E-state index is 0.153. The van der Waals surface area contributed by atoms with Gasteiger partial charge in [-0.25, -0.2) is 4.68 Å². The van der Waals surface area contributed by atoms with E-state index in [0.29, 0.717) is 24.3 Å². The number of phenolic OH excluding ortho intramolecular Hbond substituents is 1. The summed E-state index contributed by atoms with van der Waals surface area (Å²) in [6.45, 7) is 1.31. The quantitative estimate of drug-likeness (QED) is 0.489. The number of rotatable bonds is 4. The van der Waals surface area contributed by atoms with Crippen LogP contribution < -0.4 is 10.1 Å². The molecule has 0 spiro atoms. The number of nitriles is 1. The Hall–Kier alpha value is -4.24. The predicted octanol–water partition coefficient (Wildman–Crippen LogP) is 5.13. The number of hydrogen-bond donors (Lipinski definition) is 2. The number of phenols is 1. The molecule has 0 saturated heterocycles. The fourth-order valence-corrected chi connectivity index (χ4v) is 3.88. The molecule has 0 radical (unpaired) electrons. The number of fused-ring (bicyclic) bond motifs is 1. The van der Waals surface area contributed by atoms with E-state index in [1.165, 1.54) is 0 Å². The SMILES string of the molecule is N#Cc1c(-c2ccc(Oc3ccccc3)cc2)nn2c1NCC(c1cccc(O)c1)C2. The number of benzene rings is 3. The van der Waals surface area contributed by atoms with Gasteiger partial charge in [0, 0.05) is 18.0 Å². The first kappa shape index (κ1) is 18.8. The van der Waals surface area contributed by atoms with Gasteiger partial charge in [-0.05, 0) is 54.1 Å². The summed E-state index contributed by atoms with van der Waals surface area (Å²) in [5.41, 5.74) is 3.07. The van der Waals surface area contributed by atoms with E-state index in [4.69, 9.17) is 9.84 Å². The highest BCUT2D eigenvalue weighted by Crippen LogP contribution is 2.35. The third kappa shape index (κ3) is 3.69. The molecule has 0 fully saturated rings. The molecule has 152 valence electrons. The molecule has 1 aliphatic heterocycles. The average Bonchev–Trinajstić information content (AvgIpc) is 3.18. The van der Waals surface area contributed by atoms with Gasteiger partial charge in [0.2, 0.25) is 0 Å². The summed E-state index contributed by atoms with van der Waals surface area (Å²) in [7, 11) is 0. The van der Waals surface area contributed by atoms with Crippen molar-refractivity contribution in [3.8, 4) is 34.6 Å². The van der Waals surface area contributed by atoms with Gasteiger partial charge in [-0.1, -0.05) is 30.3 Å². The van der Waals surface area contributed by atoms with Crippen LogP contribution >= 0.6 is 0 Å². The number of para-hydroxylation sites is 1. The summed E-state index contributed by atoms with van der Waals surface area (Å²) in [6.07, 6.45) is 0. The Morgan fingerprint density at radius 1 is 1.00 bits per heavy atom. The van der Waals surface area contributed by atoms with Crippen molar-refractivity contribution in [2.24, 2.45) is 0 Å². The van der Waals surface area contributed by atoms with E-state index in [1.54, 1.807) is 12.1 Å². The van der Waals surface area contributed by atoms with E-state index < -0.39 is 0 Å². The number of nitrogens with zero attached hydrogens (tertiary/aromatic N) is 3. The molecule has 0 bridgehead atoms. The standard InChI is InChI=1S/C25H20N4O2/c26-14-23-24(17-9-11-22(12-10-17)31-21-7-2-1-3-8-21)28-29-16-19(15-27-25(23)29)18-5-4-6-20(30)13-18/h1-13,19,27,30H,15-16H2. The highest BCUT2D eigenvalue weighted by Gasteiger charge is 2.26. The van der Waals surface area contributed by atoms with Crippen molar-refractivity contribution < 1.29 is 9.84 Å². The van der Waals surface area contributed by atoms with Crippen molar-refractivity contribution in [3.05, 3.63) is 90.0 Å². The lowest BCUT2D eigenvalue weighted by molar-refractivity contribution is 0.469. The van der Waals surface area contributed by atoms with Crippen LogP contribution in [0.4, 0.5) is 5.82 Å². The van der Waals surface area contributed by atoms with Crippen LogP contribution in [0.2, 0.25) is 0 Å². The number of aromatic hydroxyl groups is 1. The van der Waals surface area contributed by atoms with Gasteiger partial charge in [0.05, 0.1) is 6.54 Å². The highest BCUT2D eigenvalue weighted by atomic mass is 16.5. The van der Waals surface area contributed by atoms with Gasteiger partial charge in [0.15, 0.2) is 0 Å². The molecule has 4 aromatic rings.